The van der Waals surface area contributed by atoms with Crippen molar-refractivity contribution in [3.05, 3.63) is 71.8 Å². The molecule has 0 aliphatic rings. The van der Waals surface area contributed by atoms with E-state index in [1.54, 1.807) is 0 Å². The summed E-state index contributed by atoms with van der Waals surface area (Å²) in [6, 6.07) is 21.5. The Morgan fingerprint density at radius 1 is 0.947 bits per heavy atom. The molecule has 19 heavy (non-hydrogen) atoms. The fourth-order valence-electron chi connectivity index (χ4n) is 3.00. The molecule has 0 aliphatic carbocycles. The molecule has 0 bridgehead atoms. The van der Waals surface area contributed by atoms with E-state index < -0.39 is 0 Å². The lowest BCUT2D eigenvalue weighted by Gasteiger charge is -2.39. The van der Waals surface area contributed by atoms with Crippen molar-refractivity contribution in [2.24, 2.45) is 0 Å². The molecule has 0 aliphatic heterocycles. The minimum absolute atomic E-state index is 0.0513. The molecule has 0 heterocycles. The highest BCUT2D eigenvalue weighted by atomic mass is 28.2. The average Bonchev–Trinajstić information content (AvgIpc) is 2.50. The number of rotatable bonds is 5. The third-order valence-corrected chi connectivity index (χ3v) is 4.89. The first-order valence-corrected chi connectivity index (χ1v) is 7.71. The summed E-state index contributed by atoms with van der Waals surface area (Å²) in [7, 11) is 0.760. The second kappa shape index (κ2) is 6.18. The summed E-state index contributed by atoms with van der Waals surface area (Å²) >= 11 is 0. The molecule has 0 fully saturated rings. The van der Waals surface area contributed by atoms with Crippen LogP contribution in [0.3, 0.4) is 0 Å². The van der Waals surface area contributed by atoms with E-state index in [9.17, 15) is 0 Å². The van der Waals surface area contributed by atoms with Crippen LogP contribution in [0.4, 0.5) is 0 Å². The van der Waals surface area contributed by atoms with Crippen molar-refractivity contribution < 1.29 is 4.43 Å². The van der Waals surface area contributed by atoms with E-state index in [-0.39, 0.29) is 11.5 Å². The van der Waals surface area contributed by atoms with Crippen molar-refractivity contribution >= 4 is 10.5 Å². The second-order valence-electron chi connectivity index (χ2n) is 4.93. The summed E-state index contributed by atoms with van der Waals surface area (Å²) < 4.78 is 5.85. The van der Waals surface area contributed by atoms with Crippen molar-refractivity contribution in [3.8, 4) is 0 Å². The van der Waals surface area contributed by atoms with Gasteiger partial charge in [0.15, 0.2) is 0 Å². The van der Waals surface area contributed by atoms with E-state index >= 15 is 0 Å². The van der Waals surface area contributed by atoms with Crippen molar-refractivity contribution in [2.45, 2.75) is 31.8 Å². The van der Waals surface area contributed by atoms with Gasteiger partial charge in [-0.25, -0.2) is 0 Å². The first kappa shape index (κ1) is 14.0. The molecule has 2 aromatic carbocycles. The molecule has 0 saturated heterocycles. The Kier molecular flexibility index (Phi) is 4.56. The van der Waals surface area contributed by atoms with E-state index in [0.29, 0.717) is 0 Å². The largest absolute Gasteiger partial charge is 0.424 e. The van der Waals surface area contributed by atoms with Gasteiger partial charge in [-0.05, 0) is 24.5 Å². The van der Waals surface area contributed by atoms with Gasteiger partial charge in [-0.2, -0.15) is 0 Å². The van der Waals surface area contributed by atoms with E-state index in [0.717, 1.165) is 16.9 Å². The van der Waals surface area contributed by atoms with Crippen LogP contribution in [-0.2, 0) is 9.84 Å². The monoisotopic (exact) mass is 270 g/mol. The highest BCUT2D eigenvalue weighted by Crippen LogP contribution is 2.39. The van der Waals surface area contributed by atoms with Crippen LogP contribution in [0.5, 0.6) is 0 Å². The molecule has 0 spiro atoms. The molecule has 100 valence electrons. The van der Waals surface area contributed by atoms with Crippen molar-refractivity contribution in [1.82, 2.24) is 0 Å². The Labute approximate surface area is 119 Å². The standard InChI is InChI=1S/C17H22OSi/c1-3-17(14(2)18-19,15-10-6-4-7-11-15)16-12-8-5-9-13-16/h4-14H,3H2,1-2,19H3. The molecule has 0 N–H and O–H groups in total. The fourth-order valence-corrected chi connectivity index (χ4v) is 3.41. The van der Waals surface area contributed by atoms with Gasteiger partial charge in [0.05, 0.1) is 6.10 Å². The number of hydrogen-bond acceptors (Lipinski definition) is 1. The van der Waals surface area contributed by atoms with Crippen LogP contribution in [0.15, 0.2) is 60.7 Å². The van der Waals surface area contributed by atoms with Gasteiger partial charge >= 0.3 is 0 Å². The van der Waals surface area contributed by atoms with E-state index in [1.807, 2.05) is 0 Å². The van der Waals surface area contributed by atoms with E-state index in [2.05, 4.69) is 74.5 Å². The summed E-state index contributed by atoms with van der Waals surface area (Å²) in [5.74, 6) is 0. The lowest BCUT2D eigenvalue weighted by molar-refractivity contribution is 0.155. The molecule has 0 radical (unpaired) electrons. The summed E-state index contributed by atoms with van der Waals surface area (Å²) in [5, 5.41) is 0. The van der Waals surface area contributed by atoms with Gasteiger partial charge in [-0.15, -0.1) is 0 Å². The topological polar surface area (TPSA) is 9.23 Å². The summed E-state index contributed by atoms with van der Waals surface area (Å²) in [6.07, 6.45) is 1.22. The molecular formula is C17H22OSi. The Morgan fingerprint density at radius 3 is 1.68 bits per heavy atom. The zero-order valence-electron chi connectivity index (χ0n) is 12.0. The van der Waals surface area contributed by atoms with E-state index in [4.69, 9.17) is 4.43 Å². The fraction of sp³-hybridized carbons (Fsp3) is 0.294. The lowest BCUT2D eigenvalue weighted by atomic mass is 9.69. The molecule has 0 aromatic heterocycles. The zero-order chi connectivity index (χ0) is 13.7. The minimum atomic E-state index is -0.0513. The maximum Gasteiger partial charge on any atom is 0.146 e. The van der Waals surface area contributed by atoms with Crippen molar-refractivity contribution in [2.75, 3.05) is 0 Å². The Balaban J connectivity index is 2.62. The molecule has 1 nitrogen and oxygen atoms in total. The first-order valence-electron chi connectivity index (χ1n) is 6.89. The molecule has 0 saturated carbocycles. The van der Waals surface area contributed by atoms with Crippen molar-refractivity contribution in [3.63, 3.8) is 0 Å². The van der Waals surface area contributed by atoms with Crippen LogP contribution in [-0.4, -0.2) is 16.6 Å². The Hall–Kier alpha value is -1.38. The van der Waals surface area contributed by atoms with Gasteiger partial charge in [0.2, 0.25) is 0 Å². The molecule has 2 rings (SSSR count). The van der Waals surface area contributed by atoms with Crippen LogP contribution in [0, 0.1) is 0 Å². The molecule has 0 amide bonds. The Morgan fingerprint density at radius 2 is 1.37 bits per heavy atom. The third kappa shape index (κ3) is 2.51. The molecule has 1 atom stereocenters. The van der Waals surface area contributed by atoms with Gasteiger partial charge in [0, 0.05) is 5.41 Å². The van der Waals surface area contributed by atoms with Crippen molar-refractivity contribution in [1.29, 1.82) is 0 Å². The van der Waals surface area contributed by atoms with Gasteiger partial charge in [0.1, 0.15) is 10.5 Å². The smallest absolute Gasteiger partial charge is 0.146 e. The maximum absolute atomic E-state index is 5.85. The van der Waals surface area contributed by atoms with Crippen LogP contribution in [0.2, 0.25) is 0 Å². The maximum atomic E-state index is 5.85. The first-order chi connectivity index (χ1) is 9.25. The second-order valence-corrected chi connectivity index (χ2v) is 5.41. The lowest BCUT2D eigenvalue weighted by Crippen LogP contribution is -2.39. The van der Waals surface area contributed by atoms with Crippen LogP contribution in [0.25, 0.3) is 0 Å². The zero-order valence-corrected chi connectivity index (χ0v) is 14.0. The molecule has 2 heteroatoms. The number of benzene rings is 2. The van der Waals surface area contributed by atoms with Crippen LogP contribution >= 0.6 is 0 Å². The van der Waals surface area contributed by atoms with E-state index in [1.165, 1.54) is 11.1 Å². The quantitative estimate of drug-likeness (QED) is 0.759. The molecule has 1 unspecified atom stereocenters. The number of hydrogen-bond donors (Lipinski definition) is 0. The predicted molar refractivity (Wildman–Crippen MR) is 84.4 cm³/mol. The normalized spacial score (nSPS) is 13.4. The molecular weight excluding hydrogens is 248 g/mol. The van der Waals surface area contributed by atoms with Gasteiger partial charge in [0.25, 0.3) is 0 Å². The Bertz CT molecular complexity index is 456. The van der Waals surface area contributed by atoms with Gasteiger partial charge < -0.3 is 4.43 Å². The highest BCUT2D eigenvalue weighted by molar-refractivity contribution is 5.98. The third-order valence-electron chi connectivity index (χ3n) is 4.18. The summed E-state index contributed by atoms with van der Waals surface area (Å²) in [4.78, 5) is 0. The molecule has 2 aromatic rings. The SMILES string of the molecule is CCC(c1ccccc1)(c1ccccc1)C(C)O[SiH3]. The predicted octanol–water partition coefficient (Wildman–Crippen LogP) is 3.07. The highest BCUT2D eigenvalue weighted by Gasteiger charge is 2.37. The minimum Gasteiger partial charge on any atom is -0.424 e. The van der Waals surface area contributed by atoms with Crippen LogP contribution < -0.4 is 0 Å². The summed E-state index contributed by atoms with van der Waals surface area (Å²) in [6.45, 7) is 4.44. The van der Waals surface area contributed by atoms with Gasteiger partial charge in [-0.3, -0.25) is 0 Å². The van der Waals surface area contributed by atoms with Crippen LogP contribution in [0.1, 0.15) is 31.4 Å². The summed E-state index contributed by atoms with van der Waals surface area (Å²) in [5.41, 5.74) is 2.63. The van der Waals surface area contributed by atoms with Gasteiger partial charge in [-0.1, -0.05) is 67.6 Å². The average molecular weight is 270 g/mol.